The lowest BCUT2D eigenvalue weighted by atomic mass is 10.0. The van der Waals surface area contributed by atoms with Crippen molar-refractivity contribution in [3.8, 4) is 6.07 Å². The molecule has 5 heteroatoms. The van der Waals surface area contributed by atoms with E-state index in [1.54, 1.807) is 0 Å². The van der Waals surface area contributed by atoms with Gasteiger partial charge in [0.15, 0.2) is 0 Å². The Morgan fingerprint density at radius 2 is 1.68 bits per heavy atom. The third kappa shape index (κ3) is 3.19. The van der Waals surface area contributed by atoms with E-state index in [0.29, 0.717) is 11.5 Å². The molecule has 3 rings (SSSR count). The molecule has 112 valence electrons. The third-order valence-corrected chi connectivity index (χ3v) is 5.28. The van der Waals surface area contributed by atoms with E-state index in [9.17, 15) is 8.42 Å². The lowest BCUT2D eigenvalue weighted by molar-refractivity contribution is 0.529. The van der Waals surface area contributed by atoms with Gasteiger partial charge in [-0.25, -0.2) is 13.1 Å². The standard InChI is InChI=1S/C17H16N2O2S/c18-12-13-6-10-16(11-7-13)22(20,21)19-17(15-8-9-15)14-4-2-1-3-5-14/h1-7,10-11,15,17,19H,8-9H2. The van der Waals surface area contributed by atoms with Crippen LogP contribution in [-0.4, -0.2) is 8.42 Å². The summed E-state index contributed by atoms with van der Waals surface area (Å²) in [7, 11) is -3.60. The summed E-state index contributed by atoms with van der Waals surface area (Å²) in [6, 6.07) is 17.4. The topological polar surface area (TPSA) is 70.0 Å². The molecule has 0 aliphatic heterocycles. The Labute approximate surface area is 130 Å². The number of nitrogens with one attached hydrogen (secondary N) is 1. The second-order valence-corrected chi connectivity index (χ2v) is 7.20. The van der Waals surface area contributed by atoms with Gasteiger partial charge in [0.2, 0.25) is 10.0 Å². The molecule has 0 spiro atoms. The van der Waals surface area contributed by atoms with Crippen LogP contribution in [0.1, 0.15) is 30.0 Å². The highest BCUT2D eigenvalue weighted by molar-refractivity contribution is 7.89. The minimum atomic E-state index is -3.60. The molecule has 1 aliphatic rings. The highest BCUT2D eigenvalue weighted by Crippen LogP contribution is 2.41. The van der Waals surface area contributed by atoms with E-state index < -0.39 is 10.0 Å². The molecule has 0 bridgehead atoms. The van der Waals surface area contributed by atoms with E-state index in [-0.39, 0.29) is 10.9 Å². The van der Waals surface area contributed by atoms with Gasteiger partial charge in [-0.1, -0.05) is 30.3 Å². The predicted octanol–water partition coefficient (Wildman–Crippen LogP) is 2.99. The van der Waals surface area contributed by atoms with Gasteiger partial charge in [0.05, 0.1) is 16.5 Å². The SMILES string of the molecule is N#Cc1ccc(S(=O)(=O)NC(c2ccccc2)C2CC2)cc1. The molecule has 1 aliphatic carbocycles. The second kappa shape index (κ2) is 5.91. The van der Waals surface area contributed by atoms with E-state index in [4.69, 9.17) is 5.26 Å². The van der Waals surface area contributed by atoms with Gasteiger partial charge in [-0.15, -0.1) is 0 Å². The summed E-state index contributed by atoms with van der Waals surface area (Å²) in [5.41, 5.74) is 1.43. The van der Waals surface area contributed by atoms with Crippen molar-refractivity contribution in [2.24, 2.45) is 5.92 Å². The summed E-state index contributed by atoms with van der Waals surface area (Å²) in [6.07, 6.45) is 2.07. The zero-order valence-corrected chi connectivity index (χ0v) is 12.8. The maximum Gasteiger partial charge on any atom is 0.241 e. The highest BCUT2D eigenvalue weighted by atomic mass is 32.2. The van der Waals surface area contributed by atoms with E-state index in [1.165, 1.54) is 24.3 Å². The highest BCUT2D eigenvalue weighted by Gasteiger charge is 2.35. The smallest absolute Gasteiger partial charge is 0.207 e. The minimum absolute atomic E-state index is 0.188. The first-order valence-corrected chi connectivity index (χ1v) is 8.66. The van der Waals surface area contributed by atoms with Crippen molar-refractivity contribution in [2.75, 3.05) is 0 Å². The van der Waals surface area contributed by atoms with Crippen LogP contribution in [0.2, 0.25) is 0 Å². The lowest BCUT2D eigenvalue weighted by Gasteiger charge is -2.19. The number of sulfonamides is 1. The molecule has 2 aromatic rings. The molecule has 0 radical (unpaired) electrons. The first-order valence-electron chi connectivity index (χ1n) is 7.17. The summed E-state index contributed by atoms with van der Waals surface area (Å²) < 4.78 is 27.9. The number of nitriles is 1. The molecule has 22 heavy (non-hydrogen) atoms. The monoisotopic (exact) mass is 312 g/mol. The van der Waals surface area contributed by atoms with Gasteiger partial charge in [-0.3, -0.25) is 0 Å². The Morgan fingerprint density at radius 3 is 2.23 bits per heavy atom. The van der Waals surface area contributed by atoms with Gasteiger partial charge >= 0.3 is 0 Å². The Hall–Kier alpha value is -2.16. The molecule has 0 heterocycles. The Balaban J connectivity index is 1.87. The maximum absolute atomic E-state index is 12.6. The zero-order valence-electron chi connectivity index (χ0n) is 11.9. The molecule has 1 unspecified atom stereocenters. The van der Waals surface area contributed by atoms with Crippen LogP contribution in [0, 0.1) is 17.2 Å². The molecule has 1 N–H and O–H groups in total. The fourth-order valence-electron chi connectivity index (χ4n) is 2.47. The van der Waals surface area contributed by atoms with Crippen LogP contribution in [0.4, 0.5) is 0 Å². The van der Waals surface area contributed by atoms with Gasteiger partial charge in [0.1, 0.15) is 0 Å². The number of benzene rings is 2. The minimum Gasteiger partial charge on any atom is -0.207 e. The first kappa shape index (κ1) is 14.8. The van der Waals surface area contributed by atoms with E-state index in [2.05, 4.69) is 4.72 Å². The molecule has 1 saturated carbocycles. The van der Waals surface area contributed by atoms with E-state index >= 15 is 0 Å². The van der Waals surface area contributed by atoms with Crippen LogP contribution < -0.4 is 4.72 Å². The predicted molar refractivity (Wildman–Crippen MR) is 83.4 cm³/mol. The normalized spacial score (nSPS) is 16.0. The third-order valence-electron chi connectivity index (χ3n) is 3.83. The van der Waals surface area contributed by atoms with Gasteiger partial charge < -0.3 is 0 Å². The molecule has 1 fully saturated rings. The van der Waals surface area contributed by atoms with Crippen molar-refractivity contribution in [2.45, 2.75) is 23.8 Å². The summed E-state index contributed by atoms with van der Waals surface area (Å²) in [5, 5.41) is 8.79. The van der Waals surface area contributed by atoms with Crippen molar-refractivity contribution in [3.05, 3.63) is 65.7 Å². The molecular weight excluding hydrogens is 296 g/mol. The van der Waals surface area contributed by atoms with Crippen LogP contribution in [0.25, 0.3) is 0 Å². The second-order valence-electron chi connectivity index (χ2n) is 5.48. The Morgan fingerprint density at radius 1 is 1.05 bits per heavy atom. The van der Waals surface area contributed by atoms with Crippen LogP contribution in [0.3, 0.4) is 0 Å². The summed E-state index contributed by atoms with van der Waals surface area (Å²) in [4.78, 5) is 0.188. The molecule has 4 nitrogen and oxygen atoms in total. The average molecular weight is 312 g/mol. The summed E-state index contributed by atoms with van der Waals surface area (Å²) >= 11 is 0. The molecule has 0 amide bonds. The lowest BCUT2D eigenvalue weighted by Crippen LogP contribution is -2.30. The summed E-state index contributed by atoms with van der Waals surface area (Å²) in [5.74, 6) is 0.357. The van der Waals surface area contributed by atoms with Crippen LogP contribution >= 0.6 is 0 Å². The van der Waals surface area contributed by atoms with Crippen LogP contribution in [0.5, 0.6) is 0 Å². The fraction of sp³-hybridized carbons (Fsp3) is 0.235. The van der Waals surface area contributed by atoms with Gasteiger partial charge in [0, 0.05) is 6.04 Å². The van der Waals surface area contributed by atoms with Crippen LogP contribution in [-0.2, 0) is 10.0 Å². The van der Waals surface area contributed by atoms with Crippen molar-refractivity contribution < 1.29 is 8.42 Å². The molecule has 1 atom stereocenters. The number of nitrogens with zero attached hydrogens (tertiary/aromatic N) is 1. The van der Waals surface area contributed by atoms with Crippen molar-refractivity contribution >= 4 is 10.0 Å². The quantitative estimate of drug-likeness (QED) is 0.922. The number of hydrogen-bond acceptors (Lipinski definition) is 3. The zero-order chi connectivity index (χ0) is 15.6. The largest absolute Gasteiger partial charge is 0.241 e. The van der Waals surface area contributed by atoms with Gasteiger partial charge in [0.25, 0.3) is 0 Å². The number of rotatable bonds is 5. The average Bonchev–Trinajstić information content (AvgIpc) is 3.38. The molecule has 0 saturated heterocycles. The number of hydrogen-bond donors (Lipinski definition) is 1. The van der Waals surface area contributed by atoms with Gasteiger partial charge in [-0.2, -0.15) is 5.26 Å². The Kier molecular flexibility index (Phi) is 3.97. The molecule has 2 aromatic carbocycles. The maximum atomic E-state index is 12.6. The fourth-order valence-corrected chi connectivity index (χ4v) is 3.76. The first-order chi connectivity index (χ1) is 10.6. The Bertz CT molecular complexity index is 789. The van der Waals surface area contributed by atoms with E-state index in [0.717, 1.165) is 18.4 Å². The molecule has 0 aromatic heterocycles. The van der Waals surface area contributed by atoms with Crippen molar-refractivity contribution in [3.63, 3.8) is 0 Å². The summed E-state index contributed by atoms with van der Waals surface area (Å²) in [6.45, 7) is 0. The van der Waals surface area contributed by atoms with Crippen LogP contribution in [0.15, 0.2) is 59.5 Å². The van der Waals surface area contributed by atoms with E-state index in [1.807, 2.05) is 36.4 Å². The van der Waals surface area contributed by atoms with Crippen molar-refractivity contribution in [1.82, 2.24) is 4.72 Å². The van der Waals surface area contributed by atoms with Crippen molar-refractivity contribution in [1.29, 1.82) is 5.26 Å². The molecular formula is C17H16N2O2S. The van der Waals surface area contributed by atoms with Gasteiger partial charge in [-0.05, 0) is 48.6 Å².